The highest BCUT2D eigenvalue weighted by atomic mass is 19.1. The molecule has 1 N–H and O–H groups in total. The van der Waals surface area contributed by atoms with E-state index in [2.05, 4.69) is 0 Å². The number of benzene rings is 1. The summed E-state index contributed by atoms with van der Waals surface area (Å²) in [7, 11) is 0. The number of nitrogens with zero attached hydrogens (tertiary/aromatic N) is 2. The van der Waals surface area contributed by atoms with Crippen LogP contribution >= 0.6 is 0 Å². The van der Waals surface area contributed by atoms with Crippen LogP contribution < -0.4 is 4.90 Å². The van der Waals surface area contributed by atoms with E-state index in [0.29, 0.717) is 25.4 Å². The number of anilines is 1. The fourth-order valence-electron chi connectivity index (χ4n) is 1.86. The van der Waals surface area contributed by atoms with Gasteiger partial charge in [0, 0.05) is 18.8 Å². The predicted molar refractivity (Wildman–Crippen MR) is 60.2 cm³/mol. The van der Waals surface area contributed by atoms with Gasteiger partial charge in [-0.2, -0.15) is 5.26 Å². The lowest BCUT2D eigenvalue weighted by atomic mass is 10.1. The zero-order valence-corrected chi connectivity index (χ0v) is 9.27. The zero-order valence-electron chi connectivity index (χ0n) is 9.27. The largest absolute Gasteiger partial charge is 0.394 e. The molecule has 1 unspecified atom stereocenters. The van der Waals surface area contributed by atoms with Crippen molar-refractivity contribution in [1.82, 2.24) is 0 Å². The Kier molecular flexibility index (Phi) is 3.57. The third-order valence-electron chi connectivity index (χ3n) is 2.78. The summed E-state index contributed by atoms with van der Waals surface area (Å²) in [4.78, 5) is 1.94. The van der Waals surface area contributed by atoms with Crippen molar-refractivity contribution in [3.8, 4) is 6.07 Å². The van der Waals surface area contributed by atoms with Gasteiger partial charge in [0.25, 0.3) is 0 Å². The lowest BCUT2D eigenvalue weighted by Crippen LogP contribution is -2.44. The lowest BCUT2D eigenvalue weighted by Gasteiger charge is -2.33. The summed E-state index contributed by atoms with van der Waals surface area (Å²) in [5.74, 6) is -0.517. The van der Waals surface area contributed by atoms with Gasteiger partial charge in [-0.15, -0.1) is 0 Å². The Bertz CT molecular complexity index is 445. The van der Waals surface area contributed by atoms with Crippen molar-refractivity contribution in [2.75, 3.05) is 31.2 Å². The van der Waals surface area contributed by atoms with E-state index in [0.717, 1.165) is 0 Å². The van der Waals surface area contributed by atoms with Gasteiger partial charge in [0.1, 0.15) is 11.9 Å². The first kappa shape index (κ1) is 11.8. The lowest BCUT2D eigenvalue weighted by molar-refractivity contribution is 0.00355. The van der Waals surface area contributed by atoms with Gasteiger partial charge in [0.05, 0.1) is 24.9 Å². The van der Waals surface area contributed by atoms with Crippen LogP contribution in [0.15, 0.2) is 18.2 Å². The topological polar surface area (TPSA) is 56.5 Å². The van der Waals surface area contributed by atoms with E-state index in [1.165, 1.54) is 12.1 Å². The number of hydrogen-bond donors (Lipinski definition) is 1. The predicted octanol–water partition coefficient (Wildman–Crippen LogP) is 0.895. The van der Waals surface area contributed by atoms with Crippen LogP contribution in [0.5, 0.6) is 0 Å². The quantitative estimate of drug-likeness (QED) is 0.828. The molecule has 1 aliphatic rings. The van der Waals surface area contributed by atoms with Gasteiger partial charge in [0.2, 0.25) is 0 Å². The minimum Gasteiger partial charge on any atom is -0.394 e. The highest BCUT2D eigenvalue weighted by molar-refractivity contribution is 5.50. The second kappa shape index (κ2) is 5.13. The van der Waals surface area contributed by atoms with Crippen molar-refractivity contribution in [3.05, 3.63) is 29.6 Å². The Labute approximate surface area is 98.8 Å². The highest BCUT2D eigenvalue weighted by Crippen LogP contribution is 2.20. The van der Waals surface area contributed by atoms with Crippen molar-refractivity contribution in [3.63, 3.8) is 0 Å². The molecular weight excluding hydrogens is 223 g/mol. The Hall–Kier alpha value is -1.64. The molecule has 0 bridgehead atoms. The molecule has 1 aliphatic heterocycles. The highest BCUT2D eigenvalue weighted by Gasteiger charge is 2.20. The van der Waals surface area contributed by atoms with E-state index >= 15 is 0 Å². The molecule has 90 valence electrons. The van der Waals surface area contributed by atoms with Gasteiger partial charge in [0.15, 0.2) is 0 Å². The van der Waals surface area contributed by atoms with E-state index in [-0.39, 0.29) is 18.3 Å². The third-order valence-corrected chi connectivity index (χ3v) is 2.78. The maximum atomic E-state index is 13.5. The Balaban J connectivity index is 2.17. The number of aliphatic hydroxyl groups excluding tert-OH is 1. The number of rotatable bonds is 2. The molecule has 1 aromatic rings. The van der Waals surface area contributed by atoms with Gasteiger partial charge in [-0.05, 0) is 18.2 Å². The maximum Gasteiger partial charge on any atom is 0.143 e. The molecule has 0 aromatic heterocycles. The van der Waals surface area contributed by atoms with Crippen LogP contribution in [0.3, 0.4) is 0 Å². The summed E-state index contributed by atoms with van der Waals surface area (Å²) in [5, 5.41) is 17.7. The summed E-state index contributed by atoms with van der Waals surface area (Å²) in [5.41, 5.74) is 0.754. The van der Waals surface area contributed by atoms with Crippen molar-refractivity contribution in [2.45, 2.75) is 6.10 Å². The number of hydrogen-bond acceptors (Lipinski definition) is 4. The van der Waals surface area contributed by atoms with Gasteiger partial charge in [-0.3, -0.25) is 0 Å². The second-order valence-corrected chi connectivity index (χ2v) is 3.90. The molecule has 1 aromatic carbocycles. The first-order valence-corrected chi connectivity index (χ1v) is 5.41. The number of aliphatic hydroxyl groups is 1. The molecule has 0 spiro atoms. The van der Waals surface area contributed by atoms with Gasteiger partial charge < -0.3 is 14.7 Å². The van der Waals surface area contributed by atoms with Crippen LogP contribution in [0.4, 0.5) is 10.1 Å². The van der Waals surface area contributed by atoms with Gasteiger partial charge in [-0.1, -0.05) is 0 Å². The van der Waals surface area contributed by atoms with E-state index in [1.807, 2.05) is 4.90 Å². The van der Waals surface area contributed by atoms with Crippen molar-refractivity contribution in [1.29, 1.82) is 5.26 Å². The van der Waals surface area contributed by atoms with E-state index in [4.69, 9.17) is 15.1 Å². The Morgan fingerprint density at radius 2 is 2.41 bits per heavy atom. The van der Waals surface area contributed by atoms with Crippen LogP contribution in [0.1, 0.15) is 5.56 Å². The molecule has 2 rings (SSSR count). The number of ether oxygens (including phenoxy) is 1. The third kappa shape index (κ3) is 2.54. The minimum absolute atomic E-state index is 0.0423. The average Bonchev–Trinajstić information content (AvgIpc) is 2.38. The van der Waals surface area contributed by atoms with E-state index < -0.39 is 5.82 Å². The maximum absolute atomic E-state index is 13.5. The average molecular weight is 236 g/mol. The van der Waals surface area contributed by atoms with E-state index in [1.54, 1.807) is 12.1 Å². The van der Waals surface area contributed by atoms with Crippen molar-refractivity contribution >= 4 is 5.69 Å². The summed E-state index contributed by atoms with van der Waals surface area (Å²) < 4.78 is 18.8. The molecule has 0 saturated carbocycles. The SMILES string of the molecule is N#Cc1ccc(N2CCOC(CO)C2)cc1F. The molecule has 1 atom stereocenters. The standard InChI is InChI=1S/C12H13FN2O2/c13-12-5-10(2-1-9(12)6-14)15-3-4-17-11(7-15)8-16/h1-2,5,11,16H,3-4,7-8H2. The molecule has 1 fully saturated rings. The Morgan fingerprint density at radius 1 is 1.59 bits per heavy atom. The van der Waals surface area contributed by atoms with E-state index in [9.17, 15) is 4.39 Å². The number of nitriles is 1. The van der Waals surface area contributed by atoms with Crippen LogP contribution in [0.25, 0.3) is 0 Å². The van der Waals surface area contributed by atoms with Crippen LogP contribution in [-0.4, -0.2) is 37.5 Å². The fraction of sp³-hybridized carbons (Fsp3) is 0.417. The monoisotopic (exact) mass is 236 g/mol. The molecule has 1 saturated heterocycles. The summed E-state index contributed by atoms with van der Waals surface area (Å²) in [6, 6.07) is 6.31. The van der Waals surface area contributed by atoms with Crippen LogP contribution in [0, 0.1) is 17.1 Å². The summed E-state index contributed by atoms with van der Waals surface area (Å²) in [6.07, 6.45) is -0.234. The zero-order chi connectivity index (χ0) is 12.3. The first-order chi connectivity index (χ1) is 8.24. The summed E-state index contributed by atoms with van der Waals surface area (Å²) in [6.45, 7) is 1.64. The van der Waals surface area contributed by atoms with Crippen molar-refractivity contribution in [2.24, 2.45) is 0 Å². The number of halogens is 1. The molecule has 4 nitrogen and oxygen atoms in total. The normalized spacial score (nSPS) is 20.1. The number of morpholine rings is 1. The minimum atomic E-state index is -0.517. The van der Waals surface area contributed by atoms with Gasteiger partial charge in [-0.25, -0.2) is 4.39 Å². The second-order valence-electron chi connectivity index (χ2n) is 3.90. The van der Waals surface area contributed by atoms with Crippen molar-refractivity contribution < 1.29 is 14.2 Å². The first-order valence-electron chi connectivity index (χ1n) is 5.41. The molecule has 1 heterocycles. The molecule has 0 aliphatic carbocycles. The molecule has 5 heteroatoms. The summed E-state index contributed by atoms with van der Waals surface area (Å²) >= 11 is 0. The molecule has 17 heavy (non-hydrogen) atoms. The fourth-order valence-corrected chi connectivity index (χ4v) is 1.86. The Morgan fingerprint density at radius 3 is 3.06 bits per heavy atom. The van der Waals surface area contributed by atoms with Gasteiger partial charge >= 0.3 is 0 Å². The van der Waals surface area contributed by atoms with Crippen LogP contribution in [-0.2, 0) is 4.74 Å². The molecule has 0 radical (unpaired) electrons. The molecule has 0 amide bonds. The molecular formula is C12H13FN2O2. The smallest absolute Gasteiger partial charge is 0.143 e. The van der Waals surface area contributed by atoms with Crippen LogP contribution in [0.2, 0.25) is 0 Å².